The predicted octanol–water partition coefficient (Wildman–Crippen LogP) is 2.70. The third-order valence-corrected chi connectivity index (χ3v) is 5.54. The van der Waals surface area contributed by atoms with Gasteiger partial charge in [-0.1, -0.05) is 20.8 Å². The fourth-order valence-electron chi connectivity index (χ4n) is 3.76. The van der Waals surface area contributed by atoms with Crippen LogP contribution in [0.25, 0.3) is 0 Å². The van der Waals surface area contributed by atoms with E-state index in [2.05, 4.69) is 26.1 Å². The molecule has 0 aromatic heterocycles. The van der Waals surface area contributed by atoms with E-state index in [1.807, 2.05) is 0 Å². The third-order valence-electron chi connectivity index (χ3n) is 5.54. The van der Waals surface area contributed by atoms with Gasteiger partial charge in [0.15, 0.2) is 0 Å². The molecule has 0 aromatic carbocycles. The molecule has 3 heteroatoms. The molecule has 3 nitrogen and oxygen atoms in total. The van der Waals surface area contributed by atoms with E-state index >= 15 is 0 Å². The molecule has 1 aliphatic carbocycles. The fourth-order valence-corrected chi connectivity index (χ4v) is 3.76. The summed E-state index contributed by atoms with van der Waals surface area (Å²) in [6.45, 7) is 9.66. The van der Waals surface area contributed by atoms with Crippen molar-refractivity contribution < 1.29 is 9.47 Å². The average molecular weight is 253 g/mol. The van der Waals surface area contributed by atoms with Crippen molar-refractivity contribution in [1.82, 2.24) is 5.32 Å². The summed E-state index contributed by atoms with van der Waals surface area (Å²) in [6.07, 6.45) is 5.94. The Kier molecular flexibility index (Phi) is 3.00. The van der Waals surface area contributed by atoms with Crippen molar-refractivity contribution >= 4 is 0 Å². The maximum Gasteiger partial charge on any atom is 0.120 e. The Labute approximate surface area is 111 Å². The molecule has 3 fully saturated rings. The number of hydrogen-bond acceptors (Lipinski definition) is 3. The van der Waals surface area contributed by atoms with Gasteiger partial charge in [-0.15, -0.1) is 0 Å². The molecule has 3 aliphatic rings. The highest BCUT2D eigenvalue weighted by atomic mass is 16.6. The minimum absolute atomic E-state index is 0.0567. The van der Waals surface area contributed by atoms with E-state index in [-0.39, 0.29) is 16.7 Å². The minimum atomic E-state index is -0.0598. The molecule has 1 atom stereocenters. The Morgan fingerprint density at radius 2 is 1.83 bits per heavy atom. The van der Waals surface area contributed by atoms with Crippen molar-refractivity contribution in [2.45, 2.75) is 64.2 Å². The Balaban J connectivity index is 1.81. The lowest BCUT2D eigenvalue weighted by atomic mass is 9.70. The van der Waals surface area contributed by atoms with Gasteiger partial charge in [0.2, 0.25) is 0 Å². The van der Waals surface area contributed by atoms with Crippen molar-refractivity contribution in [3.8, 4) is 0 Å². The van der Waals surface area contributed by atoms with E-state index in [0.29, 0.717) is 0 Å². The average Bonchev–Trinajstić information content (AvgIpc) is 2.79. The van der Waals surface area contributed by atoms with E-state index in [9.17, 15) is 0 Å². The zero-order valence-corrected chi connectivity index (χ0v) is 12.1. The quantitative estimate of drug-likeness (QED) is 0.720. The van der Waals surface area contributed by atoms with Gasteiger partial charge >= 0.3 is 0 Å². The topological polar surface area (TPSA) is 30.5 Å². The van der Waals surface area contributed by atoms with Crippen LogP contribution < -0.4 is 5.32 Å². The summed E-state index contributed by atoms with van der Waals surface area (Å²) in [5, 5.41) is 3.72. The lowest BCUT2D eigenvalue weighted by molar-refractivity contribution is -0.260. The van der Waals surface area contributed by atoms with Crippen molar-refractivity contribution in [3.63, 3.8) is 0 Å². The summed E-state index contributed by atoms with van der Waals surface area (Å²) < 4.78 is 12.4. The van der Waals surface area contributed by atoms with Gasteiger partial charge in [-0.2, -0.15) is 0 Å². The van der Waals surface area contributed by atoms with Crippen LogP contribution in [0.15, 0.2) is 0 Å². The first-order valence-electron chi connectivity index (χ1n) is 7.50. The van der Waals surface area contributed by atoms with Crippen molar-refractivity contribution in [1.29, 1.82) is 0 Å². The molecule has 1 saturated carbocycles. The van der Waals surface area contributed by atoms with E-state index in [1.165, 1.54) is 12.8 Å². The minimum Gasteiger partial charge on any atom is -0.378 e. The van der Waals surface area contributed by atoms with Crippen molar-refractivity contribution in [3.05, 3.63) is 0 Å². The second-order valence-electron chi connectivity index (χ2n) is 7.31. The highest BCUT2D eigenvalue weighted by Gasteiger charge is 2.57. The number of hydrogen-bond donors (Lipinski definition) is 1. The van der Waals surface area contributed by atoms with Crippen molar-refractivity contribution in [2.75, 3.05) is 19.8 Å². The van der Waals surface area contributed by atoms with Crippen molar-refractivity contribution in [2.24, 2.45) is 11.3 Å². The summed E-state index contributed by atoms with van der Waals surface area (Å²) in [5.74, 6) is 0.853. The molecule has 2 saturated heterocycles. The first kappa shape index (κ1) is 12.9. The molecule has 0 radical (unpaired) electrons. The molecule has 18 heavy (non-hydrogen) atoms. The van der Waals surface area contributed by atoms with Crippen LogP contribution in [0, 0.1) is 11.3 Å². The summed E-state index contributed by atoms with van der Waals surface area (Å²) >= 11 is 0. The maximum absolute atomic E-state index is 6.69. The lowest BCUT2D eigenvalue weighted by Gasteiger charge is -2.56. The largest absolute Gasteiger partial charge is 0.378 e. The molecular formula is C15H27NO2. The van der Waals surface area contributed by atoms with Crippen LogP contribution in [0.2, 0.25) is 0 Å². The van der Waals surface area contributed by atoms with E-state index < -0.39 is 0 Å². The van der Waals surface area contributed by atoms with Gasteiger partial charge in [0.25, 0.3) is 0 Å². The number of nitrogens with one attached hydrogen (secondary N) is 1. The van der Waals surface area contributed by atoms with Crippen LogP contribution >= 0.6 is 0 Å². The zero-order chi connectivity index (χ0) is 12.9. The molecule has 2 heterocycles. The molecule has 0 aromatic rings. The Morgan fingerprint density at radius 3 is 2.44 bits per heavy atom. The second-order valence-corrected chi connectivity index (χ2v) is 7.31. The standard InChI is InChI=1S/C15H27NO2/c1-12-4-6-15(7-5-12)16-10-13(2,3)14(18-15)8-9-17-11-14/h12,16H,4-11H2,1-3H3. The predicted molar refractivity (Wildman–Crippen MR) is 71.4 cm³/mol. The Morgan fingerprint density at radius 1 is 1.11 bits per heavy atom. The van der Waals surface area contributed by atoms with Gasteiger partial charge < -0.3 is 9.47 Å². The number of rotatable bonds is 0. The first-order chi connectivity index (χ1) is 8.47. The van der Waals surface area contributed by atoms with Crippen LogP contribution in [0.3, 0.4) is 0 Å². The SMILES string of the molecule is CC1CCC2(CC1)NCC(C)(C)C1(CCOC1)O2. The van der Waals surface area contributed by atoms with E-state index in [4.69, 9.17) is 9.47 Å². The maximum atomic E-state index is 6.69. The van der Waals surface area contributed by atoms with Gasteiger partial charge in [-0.3, -0.25) is 5.32 Å². The molecule has 1 unspecified atom stereocenters. The molecule has 3 rings (SSSR count). The summed E-state index contributed by atoms with van der Waals surface area (Å²) in [7, 11) is 0. The molecule has 0 amide bonds. The molecular weight excluding hydrogens is 226 g/mol. The van der Waals surface area contributed by atoms with Gasteiger partial charge in [-0.25, -0.2) is 0 Å². The normalized spacial score (nSPS) is 47.8. The third kappa shape index (κ3) is 1.91. The van der Waals surface area contributed by atoms with Crippen LogP contribution in [-0.2, 0) is 9.47 Å². The number of ether oxygens (including phenoxy) is 2. The lowest BCUT2D eigenvalue weighted by Crippen LogP contribution is -2.68. The molecule has 0 bridgehead atoms. The second kappa shape index (κ2) is 4.19. The van der Waals surface area contributed by atoms with Gasteiger partial charge in [0.1, 0.15) is 11.3 Å². The highest BCUT2D eigenvalue weighted by Crippen LogP contribution is 2.49. The summed E-state index contributed by atoms with van der Waals surface area (Å²) in [6, 6.07) is 0. The summed E-state index contributed by atoms with van der Waals surface area (Å²) in [5.41, 5.74) is 0.0480. The molecule has 2 aliphatic heterocycles. The van der Waals surface area contributed by atoms with Gasteiger partial charge in [0.05, 0.1) is 6.61 Å². The molecule has 2 spiro atoms. The Bertz CT molecular complexity index is 312. The fraction of sp³-hybridized carbons (Fsp3) is 1.00. The molecule has 104 valence electrons. The van der Waals surface area contributed by atoms with Gasteiger partial charge in [-0.05, 0) is 31.6 Å². The van der Waals surface area contributed by atoms with Crippen LogP contribution in [0.1, 0.15) is 52.9 Å². The monoisotopic (exact) mass is 253 g/mol. The van der Waals surface area contributed by atoms with Crippen LogP contribution in [0.4, 0.5) is 0 Å². The summed E-state index contributed by atoms with van der Waals surface area (Å²) in [4.78, 5) is 0. The van der Waals surface area contributed by atoms with E-state index in [0.717, 1.165) is 44.9 Å². The Hall–Kier alpha value is -0.120. The van der Waals surface area contributed by atoms with E-state index in [1.54, 1.807) is 0 Å². The first-order valence-corrected chi connectivity index (χ1v) is 7.50. The smallest absolute Gasteiger partial charge is 0.120 e. The molecule has 1 N–H and O–H groups in total. The highest BCUT2D eigenvalue weighted by molar-refractivity contribution is 5.06. The van der Waals surface area contributed by atoms with Gasteiger partial charge in [0, 0.05) is 25.0 Å². The van der Waals surface area contributed by atoms with Crippen LogP contribution in [0.5, 0.6) is 0 Å². The van der Waals surface area contributed by atoms with Crippen LogP contribution in [-0.4, -0.2) is 31.1 Å². The zero-order valence-electron chi connectivity index (χ0n) is 12.1.